The van der Waals surface area contributed by atoms with E-state index in [1.165, 1.54) is 27.6 Å². The van der Waals surface area contributed by atoms with E-state index in [2.05, 4.69) is 9.47 Å². The number of nitrogens with zero attached hydrogens (tertiary/aromatic N) is 3. The van der Waals surface area contributed by atoms with Crippen LogP contribution >= 0.6 is 22.9 Å². The second kappa shape index (κ2) is 4.53. The monoisotopic (exact) mass is 278 g/mol. The van der Waals surface area contributed by atoms with Gasteiger partial charge in [-0.05, 0) is 0 Å². The molecule has 0 amide bonds. The van der Waals surface area contributed by atoms with Gasteiger partial charge in [0.05, 0.1) is 4.49 Å². The number of hydrogen-bond donors (Lipinski definition) is 1. The topological polar surface area (TPSA) is 84.0 Å². The Morgan fingerprint density at radius 3 is 2.94 bits per heavy atom. The van der Waals surface area contributed by atoms with E-state index in [1.807, 2.05) is 5.38 Å². The van der Waals surface area contributed by atoms with E-state index in [1.54, 1.807) is 12.4 Å². The second-order valence-corrected chi connectivity index (χ2v) is 6.20. The fraction of sp³-hybridized carbons (Fsp3) is 0.286. The van der Waals surface area contributed by atoms with Gasteiger partial charge in [-0.1, -0.05) is 4.68 Å². The molecule has 0 aliphatic rings. The van der Waals surface area contributed by atoms with Crippen LogP contribution in [-0.2, 0) is 16.7 Å². The first-order chi connectivity index (χ1) is 7.54. The van der Waals surface area contributed by atoms with Gasteiger partial charge in [0.2, 0.25) is 6.20 Å². The van der Waals surface area contributed by atoms with Gasteiger partial charge in [0, 0.05) is 23.1 Å². The van der Waals surface area contributed by atoms with Gasteiger partial charge in [-0.3, -0.25) is 4.55 Å². The summed E-state index contributed by atoms with van der Waals surface area (Å²) in [6.07, 6.45) is 3.41. The maximum atomic E-state index is 10.5. The van der Waals surface area contributed by atoms with Crippen molar-refractivity contribution in [2.75, 3.05) is 5.75 Å². The smallest absolute Gasteiger partial charge is 0.271 e. The summed E-state index contributed by atoms with van der Waals surface area (Å²) in [6, 6.07) is 0. The molecule has 2 rings (SSSR count). The highest BCUT2D eigenvalue weighted by Crippen LogP contribution is 2.22. The molecule has 0 bridgehead atoms. The molecule has 0 spiro atoms. The van der Waals surface area contributed by atoms with Crippen LogP contribution in [-0.4, -0.2) is 28.2 Å². The lowest BCUT2D eigenvalue weighted by Crippen LogP contribution is -2.37. The molecule has 1 N–H and O–H groups in total. The van der Waals surface area contributed by atoms with Crippen molar-refractivity contribution in [3.05, 3.63) is 17.8 Å². The fourth-order valence-corrected chi connectivity index (χ4v) is 2.87. The van der Waals surface area contributed by atoms with Gasteiger partial charge >= 0.3 is 0 Å². The molecule has 0 aliphatic heterocycles. The third kappa shape index (κ3) is 3.04. The molecule has 0 radical (unpaired) electrons. The van der Waals surface area contributed by atoms with Crippen LogP contribution in [0, 0.1) is 0 Å². The van der Waals surface area contributed by atoms with Crippen molar-refractivity contribution in [3.8, 4) is 9.88 Å². The van der Waals surface area contributed by atoms with E-state index < -0.39 is 10.1 Å². The van der Waals surface area contributed by atoms with Gasteiger partial charge in [-0.25, -0.2) is 4.98 Å². The lowest BCUT2D eigenvalue weighted by atomic mass is 10.6. The first-order valence-electron chi connectivity index (χ1n) is 4.26. The summed E-state index contributed by atoms with van der Waals surface area (Å²) in [4.78, 5) is 5.00. The number of thiazole rings is 1. The summed E-state index contributed by atoms with van der Waals surface area (Å²) in [5.74, 6) is -0.335. The molecule has 6 nitrogen and oxygen atoms in total. The van der Waals surface area contributed by atoms with Crippen molar-refractivity contribution >= 4 is 33.0 Å². The van der Waals surface area contributed by atoms with E-state index in [0.29, 0.717) is 0 Å². The SMILES string of the molecule is O=S(=O)(O)CC[n+]1cc(-c2nccs2)sn1. The Kier molecular flexibility index (Phi) is 3.28. The van der Waals surface area contributed by atoms with Crippen molar-refractivity contribution in [3.63, 3.8) is 0 Å². The summed E-state index contributed by atoms with van der Waals surface area (Å²) in [5.41, 5.74) is 0. The third-order valence-corrected chi connectivity index (χ3v) is 4.15. The Bertz CT molecular complexity index is 561. The van der Waals surface area contributed by atoms with E-state index in [-0.39, 0.29) is 12.3 Å². The molecule has 0 aliphatic carbocycles. The third-order valence-electron chi connectivity index (χ3n) is 1.73. The van der Waals surface area contributed by atoms with Gasteiger partial charge in [-0.2, -0.15) is 8.42 Å². The molecule has 0 saturated carbocycles. The van der Waals surface area contributed by atoms with E-state index in [4.69, 9.17) is 4.55 Å². The Hall–Kier alpha value is -0.900. The Morgan fingerprint density at radius 2 is 2.31 bits per heavy atom. The van der Waals surface area contributed by atoms with Crippen LogP contribution in [0.4, 0.5) is 0 Å². The van der Waals surface area contributed by atoms with E-state index >= 15 is 0 Å². The lowest BCUT2D eigenvalue weighted by molar-refractivity contribution is -0.742. The van der Waals surface area contributed by atoms with E-state index in [0.717, 1.165) is 9.88 Å². The molecule has 0 saturated heterocycles. The van der Waals surface area contributed by atoms with Crippen molar-refractivity contribution < 1.29 is 17.7 Å². The molecule has 0 aromatic carbocycles. The van der Waals surface area contributed by atoms with Crippen molar-refractivity contribution in [2.45, 2.75) is 6.54 Å². The molecule has 9 heteroatoms. The van der Waals surface area contributed by atoms with Crippen molar-refractivity contribution in [2.24, 2.45) is 0 Å². The maximum Gasteiger partial charge on any atom is 0.271 e. The summed E-state index contributed by atoms with van der Waals surface area (Å²) in [7, 11) is -3.94. The molecule has 0 unspecified atom stereocenters. The van der Waals surface area contributed by atoms with Gasteiger partial charge in [0.15, 0.2) is 11.4 Å². The van der Waals surface area contributed by atoms with Crippen LogP contribution < -0.4 is 4.68 Å². The zero-order chi connectivity index (χ0) is 11.6. The van der Waals surface area contributed by atoms with Crippen LogP contribution in [0.3, 0.4) is 0 Å². The molecule has 0 fully saturated rings. The first kappa shape index (κ1) is 11.6. The molecule has 2 heterocycles. The first-order valence-corrected chi connectivity index (χ1v) is 7.52. The van der Waals surface area contributed by atoms with Crippen molar-refractivity contribution in [1.82, 2.24) is 9.47 Å². The zero-order valence-electron chi connectivity index (χ0n) is 7.98. The van der Waals surface area contributed by atoms with Crippen LogP contribution in [0.5, 0.6) is 0 Å². The number of rotatable bonds is 4. The standard InChI is InChI=1S/C7H7N3O3S3/c11-16(12,13)4-2-10-5-6(15-9-10)7-8-1-3-14-7/h1,3,5H,2,4H2/p+1. The molecule has 16 heavy (non-hydrogen) atoms. The van der Waals surface area contributed by atoms with Gasteiger partial charge in [-0.15, -0.1) is 11.3 Å². The van der Waals surface area contributed by atoms with Crippen LogP contribution in [0.15, 0.2) is 17.8 Å². The number of aryl methyl sites for hydroxylation is 1. The number of hydrogen-bond acceptors (Lipinski definition) is 6. The largest absolute Gasteiger partial charge is 0.285 e. The van der Waals surface area contributed by atoms with Gasteiger partial charge in [0.25, 0.3) is 10.1 Å². The minimum atomic E-state index is -3.94. The molecule has 86 valence electrons. The van der Waals surface area contributed by atoms with Crippen LogP contribution in [0.1, 0.15) is 0 Å². The maximum absolute atomic E-state index is 10.5. The summed E-state index contributed by atoms with van der Waals surface area (Å²) in [6.45, 7) is 0.140. The molecule has 0 atom stereocenters. The lowest BCUT2D eigenvalue weighted by Gasteiger charge is -1.87. The average molecular weight is 278 g/mol. The summed E-state index contributed by atoms with van der Waals surface area (Å²) in [5, 5.41) is 2.71. The predicted molar refractivity (Wildman–Crippen MR) is 59.8 cm³/mol. The summed E-state index contributed by atoms with van der Waals surface area (Å²) >= 11 is 2.73. The second-order valence-electron chi connectivity index (χ2n) is 2.95. The Morgan fingerprint density at radius 1 is 1.50 bits per heavy atom. The van der Waals surface area contributed by atoms with E-state index in [9.17, 15) is 8.42 Å². The highest BCUT2D eigenvalue weighted by atomic mass is 32.2. The van der Waals surface area contributed by atoms with Crippen LogP contribution in [0.2, 0.25) is 0 Å². The minimum absolute atomic E-state index is 0.140. The fourth-order valence-electron chi connectivity index (χ4n) is 1.03. The molecular weight excluding hydrogens is 270 g/mol. The molecule has 2 aromatic rings. The van der Waals surface area contributed by atoms with Crippen molar-refractivity contribution in [1.29, 1.82) is 0 Å². The van der Waals surface area contributed by atoms with Gasteiger partial charge in [0.1, 0.15) is 10.8 Å². The normalized spacial score (nSPS) is 11.8. The average Bonchev–Trinajstić information content (AvgIpc) is 2.84. The Labute approximate surface area is 100 Å². The molecule has 2 aromatic heterocycles. The van der Waals surface area contributed by atoms with Gasteiger partial charge < -0.3 is 0 Å². The zero-order valence-corrected chi connectivity index (χ0v) is 10.4. The summed E-state index contributed by atoms with van der Waals surface area (Å²) < 4.78 is 35.2. The predicted octanol–water partition coefficient (Wildman–Crippen LogP) is 0.442. The molecular formula is C7H8N3O3S3+. The number of aromatic nitrogens is 3. The highest BCUT2D eigenvalue weighted by Gasteiger charge is 2.16. The quantitative estimate of drug-likeness (QED) is 0.648. The Balaban J connectivity index is 2.09. The highest BCUT2D eigenvalue weighted by molar-refractivity contribution is 7.85. The minimum Gasteiger partial charge on any atom is -0.285 e. The van der Waals surface area contributed by atoms with Crippen LogP contribution in [0.25, 0.3) is 9.88 Å².